The number of carbonyl (C=O) groups is 2. The first kappa shape index (κ1) is 22.6. The molecular weight excluding hydrogens is 462 g/mol. The minimum atomic E-state index is -0.715. The van der Waals surface area contributed by atoms with Crippen molar-refractivity contribution in [2.24, 2.45) is 0 Å². The lowest BCUT2D eigenvalue weighted by atomic mass is 9.95. The normalized spacial score (nSPS) is 17.6. The van der Waals surface area contributed by atoms with Gasteiger partial charge < -0.3 is 19.5 Å². The summed E-state index contributed by atoms with van der Waals surface area (Å²) >= 11 is 3.40. The Bertz CT molecular complexity index is 1050. The monoisotopic (exact) mass is 485 g/mol. The highest BCUT2D eigenvalue weighted by Gasteiger charge is 2.45. The Morgan fingerprint density at radius 1 is 1.26 bits per heavy atom. The molecule has 0 spiro atoms. The number of methoxy groups -OCH3 is 1. The molecule has 0 radical (unpaired) electrons. The van der Waals surface area contributed by atoms with Gasteiger partial charge >= 0.3 is 0 Å². The molecule has 0 aliphatic carbocycles. The number of Topliss-reactive ketones (excluding diaryl/α,β-unsaturated/α-hetero) is 1. The molecule has 3 rings (SSSR count). The van der Waals surface area contributed by atoms with E-state index in [2.05, 4.69) is 22.5 Å². The first-order valence-electron chi connectivity index (χ1n) is 9.88. The van der Waals surface area contributed by atoms with Crippen LogP contribution in [0.25, 0.3) is 5.76 Å². The second kappa shape index (κ2) is 9.83. The smallest absolute Gasteiger partial charge is 0.295 e. The summed E-state index contributed by atoms with van der Waals surface area (Å²) in [7, 11) is 1.54. The van der Waals surface area contributed by atoms with E-state index in [1.54, 1.807) is 42.5 Å². The van der Waals surface area contributed by atoms with Crippen molar-refractivity contribution in [3.05, 3.63) is 76.3 Å². The summed E-state index contributed by atoms with van der Waals surface area (Å²) in [5.41, 5.74) is 1.14. The minimum absolute atomic E-state index is 0.0522. The van der Waals surface area contributed by atoms with Crippen molar-refractivity contribution >= 4 is 33.4 Å². The van der Waals surface area contributed by atoms with E-state index < -0.39 is 17.7 Å². The van der Waals surface area contributed by atoms with Crippen LogP contribution >= 0.6 is 15.9 Å². The van der Waals surface area contributed by atoms with Gasteiger partial charge in [-0.3, -0.25) is 9.59 Å². The van der Waals surface area contributed by atoms with Crippen molar-refractivity contribution < 1.29 is 24.2 Å². The largest absolute Gasteiger partial charge is 0.507 e. The summed E-state index contributed by atoms with van der Waals surface area (Å²) in [6.07, 6.45) is 2.31. The van der Waals surface area contributed by atoms with Crippen LogP contribution in [0.2, 0.25) is 0 Å². The van der Waals surface area contributed by atoms with Crippen LogP contribution in [-0.4, -0.2) is 42.0 Å². The van der Waals surface area contributed by atoms with Crippen LogP contribution in [0.4, 0.5) is 0 Å². The molecule has 2 aromatic rings. The summed E-state index contributed by atoms with van der Waals surface area (Å²) < 4.78 is 11.5. The maximum Gasteiger partial charge on any atom is 0.295 e. The number of likely N-dealkylation sites (tertiary alicyclic amines) is 1. The number of amides is 1. The van der Waals surface area contributed by atoms with Gasteiger partial charge in [-0.1, -0.05) is 31.7 Å². The van der Waals surface area contributed by atoms with Crippen LogP contribution in [0.5, 0.6) is 11.5 Å². The Morgan fingerprint density at radius 2 is 2.03 bits per heavy atom. The summed E-state index contributed by atoms with van der Waals surface area (Å²) in [4.78, 5) is 27.3. The third-order valence-corrected chi connectivity index (χ3v) is 5.59. The Balaban J connectivity index is 2.15. The van der Waals surface area contributed by atoms with Crippen molar-refractivity contribution in [2.45, 2.75) is 19.4 Å². The number of carbonyl (C=O) groups excluding carboxylic acids is 2. The number of rotatable bonds is 8. The van der Waals surface area contributed by atoms with Crippen LogP contribution in [0.3, 0.4) is 0 Å². The Hall–Kier alpha value is -3.06. The molecule has 1 fully saturated rings. The zero-order chi connectivity index (χ0) is 22.5. The van der Waals surface area contributed by atoms with E-state index in [9.17, 15) is 14.7 Å². The minimum Gasteiger partial charge on any atom is -0.507 e. The van der Waals surface area contributed by atoms with E-state index >= 15 is 0 Å². The van der Waals surface area contributed by atoms with Crippen molar-refractivity contribution in [1.29, 1.82) is 0 Å². The topological polar surface area (TPSA) is 76.1 Å². The summed E-state index contributed by atoms with van der Waals surface area (Å²) in [6, 6.07) is 11.4. The molecule has 1 amide bonds. The molecule has 1 N–H and O–H groups in total. The highest BCUT2D eigenvalue weighted by molar-refractivity contribution is 9.10. The number of halogens is 1. The van der Waals surface area contributed by atoms with Gasteiger partial charge in [0.15, 0.2) is 0 Å². The fourth-order valence-corrected chi connectivity index (χ4v) is 4.14. The molecule has 1 unspecified atom stereocenters. The molecule has 7 heteroatoms. The number of hydrogen-bond acceptors (Lipinski definition) is 5. The lowest BCUT2D eigenvalue weighted by Crippen LogP contribution is -2.30. The number of benzene rings is 2. The van der Waals surface area contributed by atoms with E-state index in [0.29, 0.717) is 46.7 Å². The van der Waals surface area contributed by atoms with Crippen molar-refractivity contribution in [2.75, 3.05) is 20.3 Å². The van der Waals surface area contributed by atoms with Gasteiger partial charge in [0.1, 0.15) is 23.9 Å². The molecule has 162 valence electrons. The molecule has 31 heavy (non-hydrogen) atoms. The van der Waals surface area contributed by atoms with E-state index in [0.717, 1.165) is 0 Å². The third kappa shape index (κ3) is 4.51. The van der Waals surface area contributed by atoms with Gasteiger partial charge in [0.2, 0.25) is 0 Å². The van der Waals surface area contributed by atoms with Crippen LogP contribution in [-0.2, 0) is 9.59 Å². The second-order valence-electron chi connectivity index (χ2n) is 7.01. The van der Waals surface area contributed by atoms with Gasteiger partial charge in [-0.05, 0) is 58.2 Å². The molecular formula is C24H24BrNO5. The number of nitrogens with zero attached hydrogens (tertiary/aromatic N) is 1. The Kier molecular flexibility index (Phi) is 7.17. The maximum absolute atomic E-state index is 13.0. The zero-order valence-electron chi connectivity index (χ0n) is 17.4. The third-order valence-electron chi connectivity index (χ3n) is 4.97. The zero-order valence-corrected chi connectivity index (χ0v) is 19.0. The molecule has 0 saturated carbocycles. The van der Waals surface area contributed by atoms with Crippen molar-refractivity contribution in [3.8, 4) is 11.5 Å². The number of aliphatic hydroxyl groups excluding tert-OH is 1. The van der Waals surface area contributed by atoms with Crippen molar-refractivity contribution in [1.82, 2.24) is 4.90 Å². The van der Waals surface area contributed by atoms with E-state index in [1.165, 1.54) is 12.0 Å². The van der Waals surface area contributed by atoms with Gasteiger partial charge in [-0.2, -0.15) is 0 Å². The predicted molar refractivity (Wildman–Crippen MR) is 122 cm³/mol. The first-order valence-corrected chi connectivity index (χ1v) is 10.7. The van der Waals surface area contributed by atoms with Crippen molar-refractivity contribution in [3.63, 3.8) is 0 Å². The van der Waals surface area contributed by atoms with Crippen LogP contribution in [0, 0.1) is 0 Å². The maximum atomic E-state index is 13.0. The van der Waals surface area contributed by atoms with Gasteiger partial charge in [0, 0.05) is 12.1 Å². The Labute approximate surface area is 189 Å². The lowest BCUT2D eigenvalue weighted by molar-refractivity contribution is -0.139. The SMILES string of the molecule is C=CCOc1cccc(C2/C(=C(\O)c3ccc(OC)c(Br)c3)C(=O)C(=O)N2CCC)c1. The standard InChI is InChI=1S/C24H24BrNO5/c1-4-11-26-21(15-7-6-8-17(13-15)31-12-5-2)20(23(28)24(26)29)22(27)16-9-10-19(30-3)18(25)14-16/h5-10,13-14,21,27H,2,4,11-12H2,1,3H3/b22-20+. The fourth-order valence-electron chi connectivity index (χ4n) is 3.60. The molecule has 1 saturated heterocycles. The molecule has 1 aliphatic rings. The van der Waals surface area contributed by atoms with Gasteiger partial charge in [-0.15, -0.1) is 0 Å². The molecule has 1 atom stereocenters. The van der Waals surface area contributed by atoms with E-state index in [-0.39, 0.29) is 11.3 Å². The summed E-state index contributed by atoms with van der Waals surface area (Å²) in [5.74, 6) is -0.389. The average molecular weight is 486 g/mol. The predicted octanol–water partition coefficient (Wildman–Crippen LogP) is 4.85. The molecule has 2 aromatic carbocycles. The van der Waals surface area contributed by atoms with Crippen LogP contribution in [0.1, 0.15) is 30.5 Å². The summed E-state index contributed by atoms with van der Waals surface area (Å²) in [6.45, 7) is 6.29. The van der Waals surface area contributed by atoms with E-state index in [1.807, 2.05) is 13.0 Å². The first-order chi connectivity index (χ1) is 14.9. The molecule has 6 nitrogen and oxygen atoms in total. The number of ether oxygens (including phenoxy) is 2. The molecule has 1 aliphatic heterocycles. The number of aliphatic hydroxyl groups is 1. The highest BCUT2D eigenvalue weighted by atomic mass is 79.9. The second-order valence-corrected chi connectivity index (χ2v) is 7.87. The quantitative estimate of drug-likeness (QED) is 0.250. The fraction of sp³-hybridized carbons (Fsp3) is 0.250. The number of hydrogen-bond donors (Lipinski definition) is 1. The van der Waals surface area contributed by atoms with Crippen LogP contribution < -0.4 is 9.47 Å². The molecule has 0 aromatic heterocycles. The van der Waals surface area contributed by atoms with E-state index in [4.69, 9.17) is 9.47 Å². The lowest BCUT2D eigenvalue weighted by Gasteiger charge is -2.25. The molecule has 1 heterocycles. The van der Waals surface area contributed by atoms with Gasteiger partial charge in [-0.25, -0.2) is 0 Å². The average Bonchev–Trinajstić information content (AvgIpc) is 3.02. The number of ketones is 1. The van der Waals surface area contributed by atoms with Gasteiger partial charge in [0.25, 0.3) is 11.7 Å². The highest BCUT2D eigenvalue weighted by Crippen LogP contribution is 2.41. The van der Waals surface area contributed by atoms with Crippen LogP contribution in [0.15, 0.2) is 65.2 Å². The van der Waals surface area contributed by atoms with Gasteiger partial charge in [0.05, 0.1) is 23.2 Å². The molecule has 0 bridgehead atoms. The summed E-state index contributed by atoms with van der Waals surface area (Å²) in [5, 5.41) is 11.1. The Morgan fingerprint density at radius 3 is 2.68 bits per heavy atom.